The maximum Gasteiger partial charge on any atom is 0.341 e. The van der Waals surface area contributed by atoms with Crippen molar-refractivity contribution in [1.29, 1.82) is 0 Å². The second-order valence-electron chi connectivity index (χ2n) is 6.02. The van der Waals surface area contributed by atoms with Crippen molar-refractivity contribution in [3.05, 3.63) is 23.7 Å². The Hall–Kier alpha value is -1.29. The number of carbonyl (C=O) groups is 1. The molecule has 0 radical (unpaired) electrons. The topological polar surface area (TPSA) is 51.5 Å². The van der Waals surface area contributed by atoms with Gasteiger partial charge in [0.05, 0.1) is 19.2 Å². The number of nitrogens with one attached hydrogen (secondary N) is 1. The Kier molecular flexibility index (Phi) is 6.79. The lowest BCUT2D eigenvalue weighted by atomic mass is 9.87. The second-order valence-corrected chi connectivity index (χ2v) is 6.02. The molecule has 0 unspecified atom stereocenters. The lowest BCUT2D eigenvalue weighted by molar-refractivity contribution is 0.0600. The highest BCUT2D eigenvalue weighted by Gasteiger charge is 2.17. The van der Waals surface area contributed by atoms with Crippen LogP contribution < -0.4 is 5.32 Å². The summed E-state index contributed by atoms with van der Waals surface area (Å²) in [6.45, 7) is 8.34. The van der Waals surface area contributed by atoms with Crippen LogP contribution in [0.5, 0.6) is 0 Å². The molecule has 4 heteroatoms. The smallest absolute Gasteiger partial charge is 0.341 e. The third kappa shape index (κ3) is 5.78. The standard InChI is InChI=1S/C16H27NO3/c1-5-6-7-8-16(2,3)12-17-10-14-9-13(11-20-14)15(18)19-4/h9,11,17H,5-8,10,12H2,1-4H3. The maximum absolute atomic E-state index is 11.3. The minimum absolute atomic E-state index is 0.285. The number of esters is 1. The number of rotatable bonds is 9. The molecule has 4 nitrogen and oxygen atoms in total. The number of ether oxygens (including phenoxy) is 1. The number of furan rings is 1. The van der Waals surface area contributed by atoms with Gasteiger partial charge in [0.2, 0.25) is 0 Å². The molecule has 0 atom stereocenters. The van der Waals surface area contributed by atoms with E-state index in [1.165, 1.54) is 39.1 Å². The Bertz CT molecular complexity index is 410. The van der Waals surface area contributed by atoms with Crippen molar-refractivity contribution in [2.24, 2.45) is 5.41 Å². The molecule has 0 aliphatic carbocycles. The first-order valence-electron chi connectivity index (χ1n) is 7.35. The Morgan fingerprint density at radius 2 is 2.15 bits per heavy atom. The zero-order valence-electron chi connectivity index (χ0n) is 13.1. The number of carbonyl (C=O) groups excluding carboxylic acids is 1. The average Bonchev–Trinajstić information content (AvgIpc) is 2.86. The Morgan fingerprint density at radius 3 is 2.80 bits per heavy atom. The van der Waals surface area contributed by atoms with Crippen LogP contribution in [0.1, 0.15) is 62.6 Å². The van der Waals surface area contributed by atoms with Gasteiger partial charge in [0, 0.05) is 6.54 Å². The van der Waals surface area contributed by atoms with E-state index in [0.717, 1.165) is 12.3 Å². The second kappa shape index (κ2) is 8.10. The van der Waals surface area contributed by atoms with Gasteiger partial charge >= 0.3 is 5.97 Å². The monoisotopic (exact) mass is 281 g/mol. The zero-order valence-corrected chi connectivity index (χ0v) is 13.1. The van der Waals surface area contributed by atoms with Gasteiger partial charge in [-0.25, -0.2) is 4.79 Å². The molecule has 0 saturated carbocycles. The molecule has 0 fully saturated rings. The average molecular weight is 281 g/mol. The molecule has 1 rings (SSSR count). The Labute approximate surface area is 121 Å². The van der Waals surface area contributed by atoms with Gasteiger partial charge in [0.15, 0.2) is 0 Å². The quantitative estimate of drug-likeness (QED) is 0.553. The van der Waals surface area contributed by atoms with Crippen molar-refractivity contribution in [3.8, 4) is 0 Å². The van der Waals surface area contributed by atoms with Crippen LogP contribution in [-0.4, -0.2) is 19.6 Å². The molecule has 114 valence electrons. The molecule has 0 saturated heterocycles. The van der Waals surface area contributed by atoms with Crippen molar-refractivity contribution in [2.75, 3.05) is 13.7 Å². The molecule has 0 amide bonds. The van der Waals surface area contributed by atoms with Crippen molar-refractivity contribution < 1.29 is 13.9 Å². The molecule has 1 heterocycles. The summed E-state index contributed by atoms with van der Waals surface area (Å²) in [4.78, 5) is 11.3. The van der Waals surface area contributed by atoms with Gasteiger partial charge in [-0.3, -0.25) is 0 Å². The lowest BCUT2D eigenvalue weighted by Gasteiger charge is -2.24. The molecular formula is C16H27NO3. The molecule has 0 aliphatic heterocycles. The summed E-state index contributed by atoms with van der Waals surface area (Å²) in [5.41, 5.74) is 0.749. The van der Waals surface area contributed by atoms with Crippen molar-refractivity contribution in [3.63, 3.8) is 0 Å². The fraction of sp³-hybridized carbons (Fsp3) is 0.688. The van der Waals surface area contributed by atoms with E-state index in [1.54, 1.807) is 6.07 Å². The Morgan fingerprint density at radius 1 is 1.40 bits per heavy atom. The molecule has 20 heavy (non-hydrogen) atoms. The summed E-state index contributed by atoms with van der Waals surface area (Å²) >= 11 is 0. The van der Waals surface area contributed by atoms with Crippen molar-refractivity contribution in [1.82, 2.24) is 5.32 Å². The minimum Gasteiger partial charge on any atom is -0.467 e. The number of methoxy groups -OCH3 is 1. The van der Waals surface area contributed by atoms with Crippen LogP contribution >= 0.6 is 0 Å². The predicted octanol–water partition coefficient (Wildman–Crippen LogP) is 3.76. The van der Waals surface area contributed by atoms with E-state index >= 15 is 0 Å². The van der Waals surface area contributed by atoms with Crippen LogP contribution in [0, 0.1) is 5.41 Å². The van der Waals surface area contributed by atoms with Crippen LogP contribution in [0.4, 0.5) is 0 Å². The largest absolute Gasteiger partial charge is 0.467 e. The fourth-order valence-corrected chi connectivity index (χ4v) is 2.16. The van der Waals surface area contributed by atoms with Crippen LogP contribution in [0.25, 0.3) is 0 Å². The summed E-state index contributed by atoms with van der Waals surface area (Å²) in [5, 5.41) is 3.39. The van der Waals surface area contributed by atoms with E-state index in [4.69, 9.17) is 4.42 Å². The Balaban J connectivity index is 2.32. The molecule has 0 bridgehead atoms. The van der Waals surface area contributed by atoms with Gasteiger partial charge < -0.3 is 14.5 Å². The van der Waals surface area contributed by atoms with E-state index in [1.807, 2.05) is 0 Å². The lowest BCUT2D eigenvalue weighted by Crippen LogP contribution is -2.28. The third-order valence-corrected chi connectivity index (χ3v) is 3.43. The normalized spacial score (nSPS) is 11.6. The number of unbranched alkanes of at least 4 members (excludes halogenated alkanes) is 2. The first-order chi connectivity index (χ1) is 9.48. The van der Waals surface area contributed by atoms with E-state index in [0.29, 0.717) is 12.1 Å². The first kappa shape index (κ1) is 16.8. The summed E-state index contributed by atoms with van der Waals surface area (Å²) in [6.07, 6.45) is 6.49. The zero-order chi connectivity index (χ0) is 15.0. The highest BCUT2D eigenvalue weighted by molar-refractivity contribution is 5.88. The first-order valence-corrected chi connectivity index (χ1v) is 7.35. The van der Waals surface area contributed by atoms with E-state index in [9.17, 15) is 4.79 Å². The van der Waals surface area contributed by atoms with Gasteiger partial charge in [0.1, 0.15) is 12.0 Å². The van der Waals surface area contributed by atoms with Gasteiger partial charge in [-0.2, -0.15) is 0 Å². The van der Waals surface area contributed by atoms with E-state index in [2.05, 4.69) is 30.8 Å². The molecule has 0 aromatic carbocycles. The van der Waals surface area contributed by atoms with Gasteiger partial charge in [-0.15, -0.1) is 0 Å². The fourth-order valence-electron chi connectivity index (χ4n) is 2.16. The van der Waals surface area contributed by atoms with E-state index < -0.39 is 0 Å². The van der Waals surface area contributed by atoms with Gasteiger partial charge in [0.25, 0.3) is 0 Å². The van der Waals surface area contributed by atoms with Crippen molar-refractivity contribution >= 4 is 5.97 Å². The maximum atomic E-state index is 11.3. The SMILES string of the molecule is CCCCCC(C)(C)CNCc1cc(C(=O)OC)co1. The minimum atomic E-state index is -0.361. The van der Waals surface area contributed by atoms with Crippen LogP contribution in [0.3, 0.4) is 0 Å². The molecule has 0 spiro atoms. The molecule has 1 N–H and O–H groups in total. The van der Waals surface area contributed by atoms with Gasteiger partial charge in [-0.05, 0) is 17.9 Å². The molecule has 1 aromatic rings. The highest BCUT2D eigenvalue weighted by atomic mass is 16.5. The van der Waals surface area contributed by atoms with Crippen LogP contribution in [0.15, 0.2) is 16.7 Å². The summed E-state index contributed by atoms with van der Waals surface area (Å²) < 4.78 is 9.98. The van der Waals surface area contributed by atoms with Gasteiger partial charge in [-0.1, -0.05) is 40.0 Å². The summed E-state index contributed by atoms with van der Waals surface area (Å²) in [5.74, 6) is 0.398. The van der Waals surface area contributed by atoms with Crippen LogP contribution in [-0.2, 0) is 11.3 Å². The third-order valence-electron chi connectivity index (χ3n) is 3.43. The summed E-state index contributed by atoms with van der Waals surface area (Å²) in [7, 11) is 1.37. The van der Waals surface area contributed by atoms with E-state index in [-0.39, 0.29) is 11.4 Å². The summed E-state index contributed by atoms with van der Waals surface area (Å²) in [6, 6.07) is 1.73. The molecule has 0 aliphatic rings. The van der Waals surface area contributed by atoms with Crippen LogP contribution in [0.2, 0.25) is 0 Å². The number of hydrogen-bond donors (Lipinski definition) is 1. The highest BCUT2D eigenvalue weighted by Crippen LogP contribution is 2.22. The number of hydrogen-bond acceptors (Lipinski definition) is 4. The predicted molar refractivity (Wildman–Crippen MR) is 79.7 cm³/mol. The molecular weight excluding hydrogens is 254 g/mol. The molecule has 1 aromatic heterocycles. The van der Waals surface area contributed by atoms with Crippen molar-refractivity contribution in [2.45, 2.75) is 53.0 Å².